The van der Waals surface area contributed by atoms with Crippen molar-refractivity contribution >= 4 is 16.5 Å². The second-order valence-corrected chi connectivity index (χ2v) is 8.53. The van der Waals surface area contributed by atoms with Gasteiger partial charge in [0.1, 0.15) is 0 Å². The molecule has 0 saturated carbocycles. The first-order valence-corrected chi connectivity index (χ1v) is 11.0. The summed E-state index contributed by atoms with van der Waals surface area (Å²) in [7, 11) is 0. The number of piperidine rings is 1. The SMILES string of the molecule is CC(NCCC1CCCN(c2ccc(C(F)(F)F)cc2)C1)c1cccc2ccccc12. The second kappa shape index (κ2) is 9.31. The van der Waals surface area contributed by atoms with Crippen LogP contribution < -0.4 is 10.2 Å². The molecule has 3 aromatic carbocycles. The number of hydrogen-bond acceptors (Lipinski definition) is 2. The average molecular weight is 427 g/mol. The summed E-state index contributed by atoms with van der Waals surface area (Å²) in [5.74, 6) is 0.545. The van der Waals surface area contributed by atoms with Gasteiger partial charge in [-0.15, -0.1) is 0 Å². The van der Waals surface area contributed by atoms with E-state index in [1.807, 2.05) is 0 Å². The summed E-state index contributed by atoms with van der Waals surface area (Å²) < 4.78 is 38.5. The predicted octanol–water partition coefficient (Wildman–Crippen LogP) is 6.82. The molecule has 1 aliphatic rings. The third-order valence-electron chi connectivity index (χ3n) is 6.37. The lowest BCUT2D eigenvalue weighted by Crippen LogP contribution is -2.36. The molecule has 5 heteroatoms. The lowest BCUT2D eigenvalue weighted by atomic mass is 9.93. The fourth-order valence-corrected chi connectivity index (χ4v) is 4.64. The highest BCUT2D eigenvalue weighted by molar-refractivity contribution is 5.86. The Balaban J connectivity index is 1.32. The van der Waals surface area contributed by atoms with E-state index >= 15 is 0 Å². The third-order valence-corrected chi connectivity index (χ3v) is 6.37. The van der Waals surface area contributed by atoms with E-state index < -0.39 is 11.7 Å². The van der Waals surface area contributed by atoms with Crippen LogP contribution in [0.5, 0.6) is 0 Å². The standard InChI is InChI=1S/C26H29F3N2/c1-19(24-10-4-8-21-7-2-3-9-25(21)24)30-16-15-20-6-5-17-31(18-20)23-13-11-22(12-14-23)26(27,28)29/h2-4,7-14,19-20,30H,5-6,15-18H2,1H3. The molecule has 1 aliphatic heterocycles. The van der Waals surface area contributed by atoms with E-state index in [0.29, 0.717) is 5.92 Å². The van der Waals surface area contributed by atoms with E-state index in [0.717, 1.165) is 38.2 Å². The molecule has 0 aliphatic carbocycles. The van der Waals surface area contributed by atoms with Gasteiger partial charge in [-0.1, -0.05) is 42.5 Å². The van der Waals surface area contributed by atoms with Crippen LogP contribution in [0.25, 0.3) is 10.8 Å². The molecular formula is C26H29F3N2. The second-order valence-electron chi connectivity index (χ2n) is 8.53. The van der Waals surface area contributed by atoms with Crippen LogP contribution in [0.3, 0.4) is 0 Å². The van der Waals surface area contributed by atoms with Gasteiger partial charge >= 0.3 is 6.18 Å². The first kappa shape index (κ1) is 21.7. The van der Waals surface area contributed by atoms with Crippen LogP contribution in [0, 0.1) is 5.92 Å². The maximum absolute atomic E-state index is 12.8. The smallest absolute Gasteiger partial charge is 0.371 e. The number of nitrogens with zero attached hydrogens (tertiary/aromatic N) is 1. The molecule has 1 saturated heterocycles. The van der Waals surface area contributed by atoms with Gasteiger partial charge in [0.25, 0.3) is 0 Å². The number of benzene rings is 3. The number of nitrogens with one attached hydrogen (secondary N) is 1. The molecule has 2 atom stereocenters. The molecule has 164 valence electrons. The predicted molar refractivity (Wildman–Crippen MR) is 121 cm³/mol. The summed E-state index contributed by atoms with van der Waals surface area (Å²) >= 11 is 0. The fraction of sp³-hybridized carbons (Fsp3) is 0.385. The van der Waals surface area contributed by atoms with E-state index in [2.05, 4.69) is 59.6 Å². The maximum Gasteiger partial charge on any atom is 0.416 e. The summed E-state index contributed by atoms with van der Waals surface area (Å²) in [6.07, 6.45) is -0.978. The normalized spacial score (nSPS) is 18.3. The van der Waals surface area contributed by atoms with Crippen molar-refractivity contribution in [3.8, 4) is 0 Å². The molecule has 0 spiro atoms. The summed E-state index contributed by atoms with van der Waals surface area (Å²) in [6, 6.07) is 20.7. The van der Waals surface area contributed by atoms with Crippen molar-refractivity contribution in [1.29, 1.82) is 0 Å². The lowest BCUT2D eigenvalue weighted by Gasteiger charge is -2.35. The molecule has 1 heterocycles. The zero-order valence-electron chi connectivity index (χ0n) is 17.8. The molecule has 0 bridgehead atoms. The molecular weight excluding hydrogens is 397 g/mol. The molecule has 0 radical (unpaired) electrons. The van der Waals surface area contributed by atoms with Crippen LogP contribution in [-0.4, -0.2) is 19.6 Å². The van der Waals surface area contributed by atoms with Crippen LogP contribution in [0.1, 0.15) is 43.4 Å². The molecule has 1 fully saturated rings. The Bertz CT molecular complexity index is 992. The summed E-state index contributed by atoms with van der Waals surface area (Å²) in [5.41, 5.74) is 1.61. The lowest BCUT2D eigenvalue weighted by molar-refractivity contribution is -0.137. The maximum atomic E-state index is 12.8. The van der Waals surface area contributed by atoms with Crippen molar-refractivity contribution in [3.63, 3.8) is 0 Å². The summed E-state index contributed by atoms with van der Waals surface area (Å²) in [6.45, 7) is 4.93. The minimum absolute atomic E-state index is 0.265. The van der Waals surface area contributed by atoms with Gasteiger partial charge in [-0.25, -0.2) is 0 Å². The van der Waals surface area contributed by atoms with Gasteiger partial charge in [-0.05, 0) is 79.3 Å². The molecule has 1 N–H and O–H groups in total. The van der Waals surface area contributed by atoms with Crippen molar-refractivity contribution < 1.29 is 13.2 Å². The number of hydrogen-bond donors (Lipinski definition) is 1. The van der Waals surface area contributed by atoms with Gasteiger partial charge < -0.3 is 10.2 Å². The number of anilines is 1. The van der Waals surface area contributed by atoms with Gasteiger partial charge in [0.05, 0.1) is 5.56 Å². The van der Waals surface area contributed by atoms with E-state index in [-0.39, 0.29) is 6.04 Å². The highest BCUT2D eigenvalue weighted by atomic mass is 19.4. The summed E-state index contributed by atoms with van der Waals surface area (Å²) in [4.78, 5) is 2.22. The monoisotopic (exact) mass is 426 g/mol. The van der Waals surface area contributed by atoms with E-state index in [1.165, 1.54) is 34.9 Å². The Morgan fingerprint density at radius 3 is 2.52 bits per heavy atom. The quantitative estimate of drug-likeness (QED) is 0.465. The van der Waals surface area contributed by atoms with Crippen LogP contribution >= 0.6 is 0 Å². The molecule has 0 aromatic heterocycles. The van der Waals surface area contributed by atoms with Crippen LogP contribution in [0.4, 0.5) is 18.9 Å². The zero-order valence-corrected chi connectivity index (χ0v) is 17.8. The molecule has 4 rings (SSSR count). The van der Waals surface area contributed by atoms with Gasteiger partial charge in [-0.2, -0.15) is 13.2 Å². The molecule has 2 unspecified atom stereocenters. The Hall–Kier alpha value is -2.53. The van der Waals surface area contributed by atoms with E-state index in [4.69, 9.17) is 0 Å². The number of halogens is 3. The van der Waals surface area contributed by atoms with Crippen LogP contribution in [0.2, 0.25) is 0 Å². The minimum Gasteiger partial charge on any atom is -0.371 e. The van der Waals surface area contributed by atoms with Crippen molar-refractivity contribution in [1.82, 2.24) is 5.32 Å². The largest absolute Gasteiger partial charge is 0.416 e. The molecule has 31 heavy (non-hydrogen) atoms. The highest BCUT2D eigenvalue weighted by Gasteiger charge is 2.30. The number of fused-ring (bicyclic) bond motifs is 1. The third kappa shape index (κ3) is 5.21. The Morgan fingerprint density at radius 1 is 1.00 bits per heavy atom. The number of rotatable bonds is 6. The Morgan fingerprint density at radius 2 is 1.74 bits per heavy atom. The van der Waals surface area contributed by atoms with Gasteiger partial charge in [0.15, 0.2) is 0 Å². The first-order chi connectivity index (χ1) is 14.9. The average Bonchev–Trinajstić information content (AvgIpc) is 2.78. The van der Waals surface area contributed by atoms with Gasteiger partial charge in [-0.3, -0.25) is 0 Å². The van der Waals surface area contributed by atoms with Gasteiger partial charge in [0.2, 0.25) is 0 Å². The van der Waals surface area contributed by atoms with Crippen molar-refractivity contribution in [2.45, 2.75) is 38.4 Å². The first-order valence-electron chi connectivity index (χ1n) is 11.0. The molecule has 3 aromatic rings. The zero-order chi connectivity index (χ0) is 21.8. The van der Waals surface area contributed by atoms with Crippen molar-refractivity contribution in [3.05, 3.63) is 77.9 Å². The van der Waals surface area contributed by atoms with E-state index in [1.54, 1.807) is 12.1 Å². The van der Waals surface area contributed by atoms with Crippen molar-refractivity contribution in [2.24, 2.45) is 5.92 Å². The van der Waals surface area contributed by atoms with E-state index in [9.17, 15) is 13.2 Å². The molecule has 2 nitrogen and oxygen atoms in total. The highest BCUT2D eigenvalue weighted by Crippen LogP contribution is 2.32. The van der Waals surface area contributed by atoms with Gasteiger partial charge in [0, 0.05) is 24.8 Å². The topological polar surface area (TPSA) is 15.3 Å². The Kier molecular flexibility index (Phi) is 6.51. The van der Waals surface area contributed by atoms with Crippen LogP contribution in [0.15, 0.2) is 66.7 Å². The molecule has 0 amide bonds. The minimum atomic E-state index is -4.28. The number of alkyl halides is 3. The fourth-order valence-electron chi connectivity index (χ4n) is 4.64. The van der Waals surface area contributed by atoms with Crippen LogP contribution in [-0.2, 0) is 6.18 Å². The Labute approximate surface area is 182 Å². The summed E-state index contributed by atoms with van der Waals surface area (Å²) in [5, 5.41) is 6.22. The van der Waals surface area contributed by atoms with Crippen molar-refractivity contribution in [2.75, 3.05) is 24.5 Å².